The van der Waals surface area contributed by atoms with Crippen LogP contribution in [0.25, 0.3) is 5.69 Å². The average molecular weight is 347 g/mol. The zero-order valence-corrected chi connectivity index (χ0v) is 12.3. The van der Waals surface area contributed by atoms with Gasteiger partial charge in [0.2, 0.25) is 0 Å². The van der Waals surface area contributed by atoms with E-state index in [1.165, 1.54) is 10.7 Å². The lowest BCUT2D eigenvalue weighted by molar-refractivity contribution is 0.199. The maximum atomic E-state index is 13.7. The fourth-order valence-electron chi connectivity index (χ4n) is 1.58. The molecule has 0 fully saturated rings. The number of methoxy groups -OCH3 is 1. The molecule has 2 aromatic rings. The van der Waals surface area contributed by atoms with Crippen LogP contribution in [0.4, 0.5) is 8.78 Å². The minimum Gasteiger partial charge on any atom is -0.383 e. The summed E-state index contributed by atoms with van der Waals surface area (Å²) in [6.07, 6.45) is 1.59. The predicted octanol–water partition coefficient (Wildman–Crippen LogP) is 2.04. The van der Waals surface area contributed by atoms with Crippen molar-refractivity contribution in [1.29, 1.82) is 0 Å². The minimum absolute atomic E-state index is 0.133. The van der Waals surface area contributed by atoms with Crippen LogP contribution in [0.3, 0.4) is 0 Å². The molecule has 8 heteroatoms. The van der Waals surface area contributed by atoms with Crippen molar-refractivity contribution in [2.45, 2.75) is 6.54 Å². The zero-order valence-electron chi connectivity index (χ0n) is 10.7. The normalized spacial score (nSPS) is 11.0. The van der Waals surface area contributed by atoms with E-state index in [1.54, 1.807) is 13.3 Å². The molecule has 0 spiro atoms. The van der Waals surface area contributed by atoms with Crippen molar-refractivity contribution in [3.05, 3.63) is 40.1 Å². The van der Waals surface area contributed by atoms with E-state index in [0.29, 0.717) is 25.4 Å². The first-order chi connectivity index (χ1) is 9.61. The number of ether oxygens (including phenoxy) is 1. The number of halogens is 3. The molecule has 1 aromatic carbocycles. The molecule has 0 aliphatic heterocycles. The Labute approximate surface area is 123 Å². The summed E-state index contributed by atoms with van der Waals surface area (Å²) < 4.78 is 33.2. The number of nitrogens with one attached hydrogen (secondary N) is 1. The number of aromatic nitrogens is 3. The van der Waals surface area contributed by atoms with Gasteiger partial charge in [0, 0.05) is 26.3 Å². The van der Waals surface area contributed by atoms with Gasteiger partial charge in [0.05, 0.1) is 23.0 Å². The maximum absolute atomic E-state index is 13.7. The summed E-state index contributed by atoms with van der Waals surface area (Å²) in [5, 5.41) is 10.8. The van der Waals surface area contributed by atoms with Crippen molar-refractivity contribution < 1.29 is 13.5 Å². The van der Waals surface area contributed by atoms with E-state index in [4.69, 9.17) is 4.74 Å². The molecule has 2 rings (SSSR count). The fourth-order valence-corrected chi connectivity index (χ4v) is 1.91. The second-order valence-electron chi connectivity index (χ2n) is 4.04. The monoisotopic (exact) mass is 346 g/mol. The molecule has 0 bridgehead atoms. The van der Waals surface area contributed by atoms with Crippen molar-refractivity contribution >= 4 is 15.9 Å². The van der Waals surface area contributed by atoms with Crippen LogP contribution in [0.15, 0.2) is 22.8 Å². The molecule has 108 valence electrons. The quantitative estimate of drug-likeness (QED) is 0.642. The second kappa shape index (κ2) is 6.87. The molecule has 0 aliphatic carbocycles. The fraction of sp³-hybridized carbons (Fsp3) is 0.333. The van der Waals surface area contributed by atoms with Gasteiger partial charge in [-0.15, -0.1) is 5.10 Å². The Morgan fingerprint density at radius 2 is 2.15 bits per heavy atom. The average Bonchev–Trinajstić information content (AvgIpc) is 2.87. The van der Waals surface area contributed by atoms with Gasteiger partial charge in [0.1, 0.15) is 11.5 Å². The van der Waals surface area contributed by atoms with Gasteiger partial charge in [-0.1, -0.05) is 5.21 Å². The van der Waals surface area contributed by atoms with Crippen molar-refractivity contribution in [2.75, 3.05) is 20.3 Å². The Balaban J connectivity index is 2.10. The third-order valence-corrected chi connectivity index (χ3v) is 3.17. The molecule has 0 saturated heterocycles. The first-order valence-electron chi connectivity index (χ1n) is 5.87. The van der Waals surface area contributed by atoms with Crippen LogP contribution in [0.5, 0.6) is 0 Å². The molecule has 0 unspecified atom stereocenters. The van der Waals surface area contributed by atoms with Gasteiger partial charge in [-0.2, -0.15) is 0 Å². The first-order valence-corrected chi connectivity index (χ1v) is 6.67. The molecule has 1 aromatic heterocycles. The van der Waals surface area contributed by atoms with Crippen LogP contribution < -0.4 is 5.32 Å². The summed E-state index contributed by atoms with van der Waals surface area (Å²) in [6.45, 7) is 1.76. The lowest BCUT2D eigenvalue weighted by Gasteiger charge is -2.03. The highest BCUT2D eigenvalue weighted by atomic mass is 79.9. The van der Waals surface area contributed by atoms with Crippen LogP contribution in [0.2, 0.25) is 0 Å². The van der Waals surface area contributed by atoms with E-state index < -0.39 is 11.6 Å². The van der Waals surface area contributed by atoms with Gasteiger partial charge >= 0.3 is 0 Å². The third kappa shape index (κ3) is 3.59. The van der Waals surface area contributed by atoms with Gasteiger partial charge in [0.15, 0.2) is 5.82 Å². The van der Waals surface area contributed by atoms with E-state index in [9.17, 15) is 8.78 Å². The summed E-state index contributed by atoms with van der Waals surface area (Å²) in [5.41, 5.74) is 0.787. The topological polar surface area (TPSA) is 52.0 Å². The molecule has 0 amide bonds. The molecule has 0 aliphatic rings. The third-order valence-electron chi connectivity index (χ3n) is 2.57. The molecular weight excluding hydrogens is 334 g/mol. The van der Waals surface area contributed by atoms with Crippen LogP contribution in [-0.2, 0) is 11.3 Å². The van der Waals surface area contributed by atoms with E-state index >= 15 is 0 Å². The summed E-state index contributed by atoms with van der Waals surface area (Å²) in [4.78, 5) is 0. The van der Waals surface area contributed by atoms with Crippen LogP contribution in [-0.4, -0.2) is 35.3 Å². The predicted molar refractivity (Wildman–Crippen MR) is 72.6 cm³/mol. The number of rotatable bonds is 6. The number of hydrogen-bond donors (Lipinski definition) is 1. The van der Waals surface area contributed by atoms with Crippen molar-refractivity contribution in [1.82, 2.24) is 20.3 Å². The Kier molecular flexibility index (Phi) is 5.16. The molecule has 0 atom stereocenters. The largest absolute Gasteiger partial charge is 0.383 e. The Hall–Kier alpha value is -1.38. The Bertz CT molecular complexity index is 591. The van der Waals surface area contributed by atoms with Crippen LogP contribution in [0, 0.1) is 11.6 Å². The zero-order chi connectivity index (χ0) is 14.5. The lowest BCUT2D eigenvalue weighted by atomic mass is 10.3. The summed E-state index contributed by atoms with van der Waals surface area (Å²) in [5.74, 6) is -1.36. The number of benzene rings is 1. The summed E-state index contributed by atoms with van der Waals surface area (Å²) in [6, 6.07) is 2.12. The molecule has 0 saturated carbocycles. The molecule has 1 N–H and O–H groups in total. The standard InChI is InChI=1S/C12H13BrF2N4O/c1-20-3-2-16-6-8-7-19(18-17-8)12-4-9(13)10(14)5-11(12)15/h4-5,7,16H,2-3,6H2,1H3. The van der Waals surface area contributed by atoms with Crippen LogP contribution >= 0.6 is 15.9 Å². The number of hydrogen-bond acceptors (Lipinski definition) is 4. The first kappa shape index (κ1) is 15.0. The van der Waals surface area contributed by atoms with Gasteiger partial charge in [-0.05, 0) is 22.0 Å². The molecule has 0 radical (unpaired) electrons. The summed E-state index contributed by atoms with van der Waals surface area (Å²) >= 11 is 3.01. The van der Waals surface area contributed by atoms with E-state index in [0.717, 1.165) is 6.07 Å². The van der Waals surface area contributed by atoms with Gasteiger partial charge in [-0.25, -0.2) is 13.5 Å². The minimum atomic E-state index is -0.700. The van der Waals surface area contributed by atoms with Crippen molar-refractivity contribution in [3.8, 4) is 5.69 Å². The van der Waals surface area contributed by atoms with Gasteiger partial charge in [-0.3, -0.25) is 0 Å². The van der Waals surface area contributed by atoms with Gasteiger partial charge < -0.3 is 10.1 Å². The van der Waals surface area contributed by atoms with Crippen molar-refractivity contribution in [2.24, 2.45) is 0 Å². The Morgan fingerprint density at radius 1 is 1.35 bits per heavy atom. The Morgan fingerprint density at radius 3 is 2.90 bits per heavy atom. The maximum Gasteiger partial charge on any atom is 0.151 e. The highest BCUT2D eigenvalue weighted by Crippen LogP contribution is 2.22. The molecule has 20 heavy (non-hydrogen) atoms. The number of nitrogens with zero attached hydrogens (tertiary/aromatic N) is 3. The molecular formula is C12H13BrF2N4O. The summed E-state index contributed by atoms with van der Waals surface area (Å²) in [7, 11) is 1.62. The van der Waals surface area contributed by atoms with E-state index in [1.807, 2.05) is 0 Å². The van der Waals surface area contributed by atoms with Gasteiger partial charge in [0.25, 0.3) is 0 Å². The smallest absolute Gasteiger partial charge is 0.151 e. The van der Waals surface area contributed by atoms with E-state index in [2.05, 4.69) is 31.6 Å². The van der Waals surface area contributed by atoms with E-state index in [-0.39, 0.29) is 10.2 Å². The highest BCUT2D eigenvalue weighted by molar-refractivity contribution is 9.10. The van der Waals surface area contributed by atoms with Crippen molar-refractivity contribution in [3.63, 3.8) is 0 Å². The second-order valence-corrected chi connectivity index (χ2v) is 4.90. The van der Waals surface area contributed by atoms with Crippen LogP contribution in [0.1, 0.15) is 5.69 Å². The highest BCUT2D eigenvalue weighted by Gasteiger charge is 2.11. The SMILES string of the molecule is COCCNCc1cn(-c2cc(Br)c(F)cc2F)nn1. The molecule has 5 nitrogen and oxygen atoms in total. The molecule has 1 heterocycles. The lowest BCUT2D eigenvalue weighted by Crippen LogP contribution is -2.18.